The van der Waals surface area contributed by atoms with Gasteiger partial charge in [-0.05, 0) is 89.1 Å². The van der Waals surface area contributed by atoms with Gasteiger partial charge < -0.3 is 19.9 Å². The van der Waals surface area contributed by atoms with Crippen molar-refractivity contribution in [1.29, 1.82) is 0 Å². The lowest BCUT2D eigenvalue weighted by Gasteiger charge is -2.36. The number of aromatic nitrogens is 3. The van der Waals surface area contributed by atoms with E-state index in [2.05, 4.69) is 10.1 Å². The number of carbonyl (C=O) groups excluding carboxylic acids is 1. The van der Waals surface area contributed by atoms with Crippen molar-refractivity contribution in [3.63, 3.8) is 0 Å². The van der Waals surface area contributed by atoms with Gasteiger partial charge in [0, 0.05) is 41.7 Å². The van der Waals surface area contributed by atoms with Gasteiger partial charge in [0.15, 0.2) is 17.5 Å². The van der Waals surface area contributed by atoms with E-state index in [4.69, 9.17) is 20.0 Å². The fraction of sp³-hybridized carbons (Fsp3) is 0.625. The maximum Gasteiger partial charge on any atom is 0.307 e. The number of benzene rings is 1. The number of likely N-dealkylation sites (tertiary alicyclic amines) is 1. The summed E-state index contributed by atoms with van der Waals surface area (Å²) in [7, 11) is 0. The number of fused-ring (bicyclic) bond motifs is 2. The smallest absolute Gasteiger partial charge is 0.307 e. The molecule has 43 heavy (non-hydrogen) atoms. The van der Waals surface area contributed by atoms with E-state index in [1.165, 1.54) is 18.6 Å². The van der Waals surface area contributed by atoms with Crippen LogP contribution in [0.2, 0.25) is 0 Å². The lowest BCUT2D eigenvalue weighted by atomic mass is 9.72. The molecule has 2 N–H and O–H groups in total. The second-order valence-corrected chi connectivity index (χ2v) is 12.6. The minimum atomic E-state index is -0.492. The first-order chi connectivity index (χ1) is 20.4. The highest BCUT2D eigenvalue weighted by molar-refractivity contribution is 5.85. The van der Waals surface area contributed by atoms with Gasteiger partial charge in [0.1, 0.15) is 5.82 Å². The van der Waals surface area contributed by atoms with Gasteiger partial charge >= 0.3 is 5.97 Å². The van der Waals surface area contributed by atoms with E-state index in [1.54, 1.807) is 10.6 Å². The van der Waals surface area contributed by atoms with E-state index in [1.807, 2.05) is 6.92 Å². The molecule has 11 heteroatoms. The molecule has 0 radical (unpaired) electrons. The van der Waals surface area contributed by atoms with Crippen molar-refractivity contribution in [3.8, 4) is 0 Å². The monoisotopic (exact) mass is 615 g/mol. The number of hydrogen-bond acceptors (Lipinski definition) is 8. The summed E-state index contributed by atoms with van der Waals surface area (Å²) >= 11 is 0. The predicted octanol–water partition coefficient (Wildman–Crippen LogP) is 5.35. The van der Waals surface area contributed by atoms with Crippen molar-refractivity contribution in [2.75, 3.05) is 26.2 Å². The van der Waals surface area contributed by atoms with Gasteiger partial charge in [0.2, 0.25) is 0 Å². The Morgan fingerprint density at radius 2 is 1.91 bits per heavy atom. The molecule has 1 atom stereocenters. The van der Waals surface area contributed by atoms with E-state index < -0.39 is 6.10 Å². The molecular weight excluding hydrogens is 573 g/mol. The Hall–Kier alpha value is -2.82. The fourth-order valence-electron chi connectivity index (χ4n) is 7.33. The Labute approximate surface area is 257 Å². The zero-order valence-corrected chi connectivity index (χ0v) is 25.8. The van der Waals surface area contributed by atoms with Crippen molar-refractivity contribution >= 4 is 29.3 Å². The first-order valence-electron chi connectivity index (χ1n) is 15.6. The molecule has 2 aromatic heterocycles. The Bertz CT molecular complexity index is 1490. The van der Waals surface area contributed by atoms with Crippen molar-refractivity contribution in [3.05, 3.63) is 57.1 Å². The van der Waals surface area contributed by atoms with Crippen LogP contribution >= 0.6 is 12.4 Å². The zero-order valence-electron chi connectivity index (χ0n) is 25.0. The molecule has 3 aliphatic rings. The van der Waals surface area contributed by atoms with Crippen LogP contribution in [0, 0.1) is 18.2 Å². The molecule has 3 aromatic rings. The molecule has 0 spiro atoms. The molecule has 2 aliphatic heterocycles. The van der Waals surface area contributed by atoms with E-state index in [0.29, 0.717) is 43.8 Å². The van der Waals surface area contributed by atoms with E-state index in [9.17, 15) is 14.0 Å². The number of halogens is 2. The van der Waals surface area contributed by atoms with Crippen LogP contribution in [0.4, 0.5) is 4.39 Å². The molecule has 234 valence electrons. The number of aryl methyl sites for hydroxylation is 1. The zero-order chi connectivity index (χ0) is 29.3. The topological polar surface area (TPSA) is 116 Å². The summed E-state index contributed by atoms with van der Waals surface area (Å²) in [6, 6.07) is 4.59. The van der Waals surface area contributed by atoms with Crippen LogP contribution in [0.15, 0.2) is 27.5 Å². The van der Waals surface area contributed by atoms with Crippen LogP contribution in [-0.4, -0.2) is 51.8 Å². The van der Waals surface area contributed by atoms with Gasteiger partial charge in [-0.15, -0.1) is 12.4 Å². The van der Waals surface area contributed by atoms with Gasteiger partial charge in [-0.2, -0.15) is 0 Å². The summed E-state index contributed by atoms with van der Waals surface area (Å²) in [4.78, 5) is 33.8. The quantitative estimate of drug-likeness (QED) is 0.337. The maximum atomic E-state index is 13.6. The molecule has 6 rings (SSSR count). The molecule has 1 aromatic carbocycles. The predicted molar refractivity (Wildman–Crippen MR) is 164 cm³/mol. The van der Waals surface area contributed by atoms with Crippen LogP contribution in [0.5, 0.6) is 0 Å². The average Bonchev–Trinajstić information content (AvgIpc) is 3.41. The third kappa shape index (κ3) is 6.66. The van der Waals surface area contributed by atoms with Gasteiger partial charge in [-0.1, -0.05) is 24.4 Å². The van der Waals surface area contributed by atoms with E-state index >= 15 is 0 Å². The Morgan fingerprint density at radius 3 is 2.65 bits per heavy atom. The first-order valence-corrected chi connectivity index (χ1v) is 15.6. The van der Waals surface area contributed by atoms with E-state index in [-0.39, 0.29) is 41.1 Å². The molecule has 0 bridgehead atoms. The van der Waals surface area contributed by atoms with Crippen LogP contribution in [0.3, 0.4) is 0 Å². The largest absolute Gasteiger partial charge is 0.454 e. The fourth-order valence-corrected chi connectivity index (χ4v) is 7.33. The third-order valence-corrected chi connectivity index (χ3v) is 9.89. The summed E-state index contributed by atoms with van der Waals surface area (Å²) in [6.45, 7) is 5.54. The normalized spacial score (nSPS) is 20.9. The van der Waals surface area contributed by atoms with Gasteiger partial charge in [0.05, 0.1) is 12.1 Å². The Balaban J connectivity index is 0.00000368. The van der Waals surface area contributed by atoms with Crippen LogP contribution in [0.1, 0.15) is 99.0 Å². The van der Waals surface area contributed by atoms with Crippen molar-refractivity contribution in [2.24, 2.45) is 11.1 Å². The number of nitrogens with two attached hydrogens (primary N) is 1. The first kappa shape index (κ1) is 31.6. The highest BCUT2D eigenvalue weighted by atomic mass is 35.5. The molecule has 2 fully saturated rings. The molecule has 1 aliphatic carbocycles. The molecule has 4 heterocycles. The number of nitrogens with zero attached hydrogens (tertiary/aromatic N) is 4. The molecular formula is C32H43ClFN5O4. The number of esters is 1. The van der Waals surface area contributed by atoms with Crippen molar-refractivity contribution in [2.45, 2.75) is 96.1 Å². The minimum Gasteiger partial charge on any atom is -0.454 e. The van der Waals surface area contributed by atoms with Crippen LogP contribution < -0.4 is 11.3 Å². The Morgan fingerprint density at radius 1 is 1.14 bits per heavy atom. The summed E-state index contributed by atoms with van der Waals surface area (Å²) in [5.74, 6) is 0.288. The Kier molecular flexibility index (Phi) is 9.88. The van der Waals surface area contributed by atoms with Crippen LogP contribution in [0.25, 0.3) is 11.0 Å². The van der Waals surface area contributed by atoms with Crippen molar-refractivity contribution in [1.82, 2.24) is 19.6 Å². The lowest BCUT2D eigenvalue weighted by Crippen LogP contribution is -2.39. The maximum absolute atomic E-state index is 13.6. The van der Waals surface area contributed by atoms with E-state index in [0.717, 1.165) is 86.9 Å². The molecule has 1 unspecified atom stereocenters. The number of carbonyl (C=O) groups is 1. The van der Waals surface area contributed by atoms with Gasteiger partial charge in [0.25, 0.3) is 5.56 Å². The summed E-state index contributed by atoms with van der Waals surface area (Å²) in [5.41, 5.74) is 8.78. The second-order valence-electron chi connectivity index (χ2n) is 12.6. The molecule has 1 saturated carbocycles. The number of ether oxygens (including phenoxy) is 1. The molecule has 9 nitrogen and oxygen atoms in total. The number of rotatable bonds is 8. The lowest BCUT2D eigenvalue weighted by molar-refractivity contribution is -0.154. The number of piperidine rings is 1. The summed E-state index contributed by atoms with van der Waals surface area (Å²) in [6.07, 6.45) is 9.12. The van der Waals surface area contributed by atoms with Gasteiger partial charge in [-0.3, -0.25) is 14.2 Å². The highest BCUT2D eigenvalue weighted by Gasteiger charge is 2.36. The SMILES string of the molecule is Cc1nc2n(c(=O)c1CCN1CCC(c3noc4cc(F)ccc34)CC1)CCCC2OC(=O)CC1(CN)CCCCC1.Cl. The average molecular weight is 616 g/mol. The summed E-state index contributed by atoms with van der Waals surface area (Å²) in [5, 5.41) is 5.14. The molecule has 1 saturated heterocycles. The summed E-state index contributed by atoms with van der Waals surface area (Å²) < 4.78 is 26.6. The standard InChI is InChI=1S/C32H42FN5O4.ClH/c1-21-24(11-17-37-15-9-22(10-16-37)29-25-8-7-23(33)18-27(25)42-36-29)31(40)38-14-5-6-26(30(38)35-21)41-28(39)19-32(20-34)12-3-2-4-13-32;/h7-8,18,22,26H,2-6,9-17,19-20,34H2,1H3;1H. The van der Waals surface area contributed by atoms with Crippen molar-refractivity contribution < 1.29 is 18.4 Å². The molecule has 0 amide bonds. The number of hydrogen-bond donors (Lipinski definition) is 1. The third-order valence-electron chi connectivity index (χ3n) is 9.89. The highest BCUT2D eigenvalue weighted by Crippen LogP contribution is 2.39. The minimum absolute atomic E-state index is 0. The second kappa shape index (κ2) is 13.4. The van der Waals surface area contributed by atoms with Gasteiger partial charge in [-0.25, -0.2) is 9.37 Å². The van der Waals surface area contributed by atoms with Crippen LogP contribution in [-0.2, 0) is 22.5 Å².